The predicted molar refractivity (Wildman–Crippen MR) is 119 cm³/mol. The number of benzene rings is 2. The Morgan fingerprint density at radius 3 is 2.34 bits per heavy atom. The van der Waals surface area contributed by atoms with E-state index >= 15 is 0 Å². The molecule has 1 aliphatic rings. The van der Waals surface area contributed by atoms with Gasteiger partial charge in [0, 0.05) is 25.9 Å². The van der Waals surface area contributed by atoms with Gasteiger partial charge in [-0.25, -0.2) is 8.42 Å². The second-order valence-corrected chi connectivity index (χ2v) is 10.2. The van der Waals surface area contributed by atoms with E-state index in [9.17, 15) is 13.2 Å². The monoisotopic (exact) mass is 453 g/mol. The highest BCUT2D eigenvalue weighted by Crippen LogP contribution is 2.22. The van der Waals surface area contributed by atoms with Crippen molar-refractivity contribution in [2.45, 2.75) is 42.8 Å². The third kappa shape index (κ3) is 5.82. The molecule has 1 saturated heterocycles. The summed E-state index contributed by atoms with van der Waals surface area (Å²) in [6.45, 7) is 1.53. The highest BCUT2D eigenvalue weighted by molar-refractivity contribution is 7.90. The first-order chi connectivity index (χ1) is 15.5. The minimum absolute atomic E-state index is 0.0693. The van der Waals surface area contributed by atoms with Crippen LogP contribution in [0.3, 0.4) is 0 Å². The van der Waals surface area contributed by atoms with Crippen molar-refractivity contribution in [1.29, 1.82) is 0 Å². The summed E-state index contributed by atoms with van der Waals surface area (Å²) in [7, 11) is -3.54. The molecule has 1 fully saturated rings. The molecule has 0 bridgehead atoms. The molecule has 1 aliphatic heterocycles. The number of likely N-dealkylation sites (tertiary alicyclic amines) is 1. The van der Waals surface area contributed by atoms with Gasteiger partial charge >= 0.3 is 0 Å². The minimum Gasteiger partial charge on any atom is -0.343 e. The molecule has 7 nitrogen and oxygen atoms in total. The van der Waals surface area contributed by atoms with Gasteiger partial charge in [-0.2, -0.15) is 4.98 Å². The molecule has 0 N–H and O–H groups in total. The van der Waals surface area contributed by atoms with Crippen molar-refractivity contribution in [3.05, 3.63) is 77.9 Å². The number of carbonyl (C=O) groups excluding carboxylic acids is 1. The van der Waals surface area contributed by atoms with Crippen molar-refractivity contribution in [3.8, 4) is 0 Å². The number of hydrogen-bond acceptors (Lipinski definition) is 6. The number of amides is 1. The molecule has 32 heavy (non-hydrogen) atoms. The van der Waals surface area contributed by atoms with Gasteiger partial charge in [0.1, 0.15) is 5.75 Å². The zero-order valence-corrected chi connectivity index (χ0v) is 18.7. The van der Waals surface area contributed by atoms with E-state index in [1.807, 2.05) is 11.0 Å². The second kappa shape index (κ2) is 10.1. The van der Waals surface area contributed by atoms with E-state index in [-0.39, 0.29) is 34.7 Å². The Kier molecular flexibility index (Phi) is 6.99. The van der Waals surface area contributed by atoms with Crippen LogP contribution in [-0.2, 0) is 33.2 Å². The van der Waals surface area contributed by atoms with Crippen molar-refractivity contribution < 1.29 is 17.7 Å². The maximum absolute atomic E-state index is 12.6. The van der Waals surface area contributed by atoms with E-state index in [4.69, 9.17) is 4.52 Å². The molecule has 0 atom stereocenters. The average molecular weight is 454 g/mol. The smallest absolute Gasteiger partial charge is 0.227 e. The van der Waals surface area contributed by atoms with Crippen LogP contribution in [-0.4, -0.2) is 42.5 Å². The average Bonchev–Trinajstić information content (AvgIpc) is 3.26. The summed E-state index contributed by atoms with van der Waals surface area (Å²) in [6, 6.07) is 18.6. The summed E-state index contributed by atoms with van der Waals surface area (Å²) in [5, 5.41) is 3.78. The van der Waals surface area contributed by atoms with Gasteiger partial charge < -0.3 is 9.42 Å². The molecule has 1 aromatic heterocycles. The molecule has 2 aromatic carbocycles. The van der Waals surface area contributed by atoms with Crippen LogP contribution in [0.4, 0.5) is 0 Å². The Labute approximate surface area is 188 Å². The molecular weight excluding hydrogens is 426 g/mol. The molecule has 0 spiro atoms. The summed E-state index contributed by atoms with van der Waals surface area (Å²) < 4.78 is 30.1. The maximum Gasteiger partial charge on any atom is 0.227 e. The molecule has 168 valence electrons. The Morgan fingerprint density at radius 1 is 1.00 bits per heavy atom. The zero-order chi connectivity index (χ0) is 22.4. The molecule has 0 unspecified atom stereocenters. The fraction of sp³-hybridized carbons (Fsp3) is 0.375. The quantitative estimate of drug-likeness (QED) is 0.519. The van der Waals surface area contributed by atoms with Crippen LogP contribution in [0.15, 0.2) is 70.1 Å². The summed E-state index contributed by atoms with van der Waals surface area (Å²) in [5.74, 6) is 0.739. The lowest BCUT2D eigenvalue weighted by Gasteiger charge is -2.32. The summed E-state index contributed by atoms with van der Waals surface area (Å²) in [6.07, 6.45) is 3.64. The fourth-order valence-electron chi connectivity index (χ4n) is 4.04. The standard InChI is InChI=1S/C24H27N3O4S/c28-24(27-15-13-20(14-16-27)17-19-7-3-1-4-8-19)12-11-23-25-22(26-31-23)18-32(29,30)21-9-5-2-6-10-21/h1-10,20H,11-18H2. The molecular formula is C24H27N3O4S. The van der Waals surface area contributed by atoms with Crippen LogP contribution < -0.4 is 0 Å². The lowest BCUT2D eigenvalue weighted by molar-refractivity contribution is -0.132. The zero-order valence-electron chi connectivity index (χ0n) is 17.9. The molecule has 4 rings (SSSR count). The third-order valence-electron chi connectivity index (χ3n) is 5.82. The Bertz CT molecular complexity index is 1120. The predicted octanol–water partition coefficient (Wildman–Crippen LogP) is 3.46. The van der Waals surface area contributed by atoms with Gasteiger partial charge in [-0.05, 0) is 42.9 Å². The number of nitrogens with zero attached hydrogens (tertiary/aromatic N) is 3. The van der Waals surface area contributed by atoms with Crippen molar-refractivity contribution in [2.24, 2.45) is 5.92 Å². The van der Waals surface area contributed by atoms with Crippen LogP contribution in [0.5, 0.6) is 0 Å². The summed E-state index contributed by atoms with van der Waals surface area (Å²) in [4.78, 5) is 18.9. The van der Waals surface area contributed by atoms with Gasteiger partial charge in [0.2, 0.25) is 11.8 Å². The van der Waals surface area contributed by atoms with Crippen molar-refractivity contribution in [3.63, 3.8) is 0 Å². The van der Waals surface area contributed by atoms with Gasteiger partial charge in [0.15, 0.2) is 15.7 Å². The highest BCUT2D eigenvalue weighted by Gasteiger charge is 2.24. The van der Waals surface area contributed by atoms with E-state index in [2.05, 4.69) is 34.4 Å². The van der Waals surface area contributed by atoms with Crippen LogP contribution in [0.2, 0.25) is 0 Å². The van der Waals surface area contributed by atoms with E-state index in [1.165, 1.54) is 17.7 Å². The first-order valence-electron chi connectivity index (χ1n) is 10.9. The van der Waals surface area contributed by atoms with Crippen molar-refractivity contribution in [2.75, 3.05) is 13.1 Å². The largest absolute Gasteiger partial charge is 0.343 e. The Morgan fingerprint density at radius 2 is 1.66 bits per heavy atom. The Balaban J connectivity index is 1.23. The third-order valence-corrected chi connectivity index (χ3v) is 7.45. The second-order valence-electron chi connectivity index (χ2n) is 8.19. The molecule has 1 amide bonds. The number of piperidine rings is 1. The first kappa shape index (κ1) is 22.2. The number of rotatable bonds is 8. The van der Waals surface area contributed by atoms with Crippen LogP contribution in [0.1, 0.15) is 36.5 Å². The molecule has 0 radical (unpaired) electrons. The topological polar surface area (TPSA) is 93.4 Å². The first-order valence-corrected chi connectivity index (χ1v) is 12.6. The van der Waals surface area contributed by atoms with Gasteiger partial charge in [-0.1, -0.05) is 53.7 Å². The normalized spacial score (nSPS) is 15.1. The number of sulfone groups is 1. The number of aromatic nitrogens is 2. The highest BCUT2D eigenvalue weighted by atomic mass is 32.2. The van der Waals surface area contributed by atoms with Gasteiger partial charge in [0.05, 0.1) is 4.90 Å². The molecule has 3 aromatic rings. The van der Waals surface area contributed by atoms with Crippen LogP contribution in [0.25, 0.3) is 0 Å². The Hall–Kier alpha value is -3.00. The van der Waals surface area contributed by atoms with Crippen LogP contribution >= 0.6 is 0 Å². The number of carbonyl (C=O) groups is 1. The number of hydrogen-bond donors (Lipinski definition) is 0. The van der Waals surface area contributed by atoms with E-state index < -0.39 is 9.84 Å². The molecule has 2 heterocycles. The van der Waals surface area contributed by atoms with Gasteiger partial charge in [0.25, 0.3) is 0 Å². The SMILES string of the molecule is O=C(CCc1nc(CS(=O)(=O)c2ccccc2)no1)N1CCC(Cc2ccccc2)CC1. The van der Waals surface area contributed by atoms with Gasteiger partial charge in [-0.15, -0.1) is 0 Å². The fourth-order valence-corrected chi connectivity index (χ4v) is 5.23. The molecule has 8 heteroatoms. The van der Waals surface area contributed by atoms with Crippen molar-refractivity contribution in [1.82, 2.24) is 15.0 Å². The lowest BCUT2D eigenvalue weighted by Crippen LogP contribution is -2.39. The minimum atomic E-state index is -3.54. The van der Waals surface area contributed by atoms with Crippen molar-refractivity contribution >= 4 is 15.7 Å². The lowest BCUT2D eigenvalue weighted by atomic mass is 9.90. The van der Waals surface area contributed by atoms with Crippen LogP contribution in [0, 0.1) is 5.92 Å². The summed E-state index contributed by atoms with van der Waals surface area (Å²) >= 11 is 0. The molecule has 0 saturated carbocycles. The van der Waals surface area contributed by atoms with E-state index in [1.54, 1.807) is 18.2 Å². The van der Waals surface area contributed by atoms with Gasteiger partial charge in [-0.3, -0.25) is 4.79 Å². The number of aryl methyl sites for hydroxylation is 1. The maximum atomic E-state index is 12.6. The van der Waals surface area contributed by atoms with E-state index in [0.29, 0.717) is 12.3 Å². The summed E-state index contributed by atoms with van der Waals surface area (Å²) in [5.41, 5.74) is 1.35. The van der Waals surface area contributed by atoms with E-state index in [0.717, 1.165) is 32.4 Å². The molecule has 0 aliphatic carbocycles.